The standard InChI is InChI=1S/C28H43N5O8/c1-18(2)21(17-20(35)8-5-4-6-14-33-24(37)10-11-25(33)38)27(40)32-22(9-7-12-31-28(29)41)23(36)16-19(3)26(39)30-13-15-34/h10-11,15,18-19,21-22H,4-9,12-14,16-17H2,1-3H3,(H,30,39)(H,32,40)(H3,29,31,41)/t19-,21-,22-/m0/s1/i15D. The summed E-state index contributed by atoms with van der Waals surface area (Å²) in [7, 11) is 0. The number of hydrogen-bond donors (Lipinski definition) is 4. The summed E-state index contributed by atoms with van der Waals surface area (Å²) < 4.78 is 6.89. The molecule has 1 rings (SSSR count). The van der Waals surface area contributed by atoms with Gasteiger partial charge in [-0.25, -0.2) is 4.79 Å². The number of urea groups is 1. The van der Waals surface area contributed by atoms with Crippen molar-refractivity contribution in [2.45, 2.75) is 78.2 Å². The fourth-order valence-corrected chi connectivity index (χ4v) is 4.34. The maximum Gasteiger partial charge on any atom is 0.312 e. The van der Waals surface area contributed by atoms with Gasteiger partial charge in [0, 0.05) is 56.3 Å². The first-order valence-electron chi connectivity index (χ1n) is 14.4. The van der Waals surface area contributed by atoms with E-state index < -0.39 is 54.3 Å². The molecule has 0 unspecified atom stereocenters. The predicted molar refractivity (Wildman–Crippen MR) is 149 cm³/mol. The smallest absolute Gasteiger partial charge is 0.312 e. The van der Waals surface area contributed by atoms with Crippen molar-refractivity contribution in [1.29, 1.82) is 0 Å². The van der Waals surface area contributed by atoms with Crippen molar-refractivity contribution in [1.82, 2.24) is 20.9 Å². The van der Waals surface area contributed by atoms with E-state index in [1.807, 2.05) is 0 Å². The Morgan fingerprint density at radius 3 is 2.20 bits per heavy atom. The average Bonchev–Trinajstić information content (AvgIpc) is 3.23. The van der Waals surface area contributed by atoms with Gasteiger partial charge in [-0.3, -0.25) is 33.7 Å². The van der Waals surface area contributed by atoms with Crippen molar-refractivity contribution in [2.24, 2.45) is 23.5 Å². The van der Waals surface area contributed by atoms with Gasteiger partial charge in [0.15, 0.2) is 5.78 Å². The number of carbonyl (C=O) groups excluding carboxylic acids is 8. The van der Waals surface area contributed by atoms with Crippen LogP contribution in [-0.2, 0) is 33.6 Å². The highest BCUT2D eigenvalue weighted by Crippen LogP contribution is 2.19. The van der Waals surface area contributed by atoms with E-state index in [-0.39, 0.29) is 62.3 Å². The number of nitrogens with zero attached hydrogens (tertiary/aromatic N) is 1. The minimum Gasteiger partial charge on any atom is -0.352 e. The van der Waals surface area contributed by atoms with Crippen LogP contribution in [0.2, 0.25) is 0 Å². The molecular weight excluding hydrogens is 534 g/mol. The van der Waals surface area contributed by atoms with Gasteiger partial charge in [0.1, 0.15) is 13.4 Å². The number of hydrogen-bond acceptors (Lipinski definition) is 8. The first-order valence-corrected chi connectivity index (χ1v) is 13.9. The lowest BCUT2D eigenvalue weighted by Crippen LogP contribution is -2.46. The molecule has 0 radical (unpaired) electrons. The predicted octanol–water partition coefficient (Wildman–Crippen LogP) is 0.547. The fraction of sp³-hybridized carbons (Fsp3) is 0.643. The summed E-state index contributed by atoms with van der Waals surface area (Å²) in [5.41, 5.74) is 5.08. The van der Waals surface area contributed by atoms with Gasteiger partial charge in [-0.15, -0.1) is 0 Å². The minimum atomic E-state index is -0.984. The summed E-state index contributed by atoms with van der Waals surface area (Å²) in [6.07, 6.45) is 3.62. The Balaban J connectivity index is 2.71. The number of rotatable bonds is 21. The van der Waals surface area contributed by atoms with Crippen LogP contribution in [0.15, 0.2) is 12.2 Å². The zero-order valence-corrected chi connectivity index (χ0v) is 24.0. The summed E-state index contributed by atoms with van der Waals surface area (Å²) in [6.45, 7) is 5.05. The molecule has 0 bridgehead atoms. The highest BCUT2D eigenvalue weighted by Gasteiger charge is 2.30. The molecular formula is C28H43N5O8. The van der Waals surface area contributed by atoms with E-state index in [4.69, 9.17) is 7.10 Å². The van der Waals surface area contributed by atoms with Gasteiger partial charge in [0.25, 0.3) is 11.8 Å². The van der Waals surface area contributed by atoms with Gasteiger partial charge >= 0.3 is 6.03 Å². The molecule has 0 spiro atoms. The van der Waals surface area contributed by atoms with Crippen LogP contribution in [0.25, 0.3) is 0 Å². The van der Waals surface area contributed by atoms with Gasteiger partial charge in [-0.1, -0.05) is 27.2 Å². The highest BCUT2D eigenvalue weighted by atomic mass is 16.2. The molecule has 6 amide bonds. The van der Waals surface area contributed by atoms with E-state index in [1.165, 1.54) is 19.1 Å². The number of ketones is 2. The number of nitrogens with two attached hydrogens (primary N) is 1. The van der Waals surface area contributed by atoms with Gasteiger partial charge in [0.2, 0.25) is 11.8 Å². The van der Waals surface area contributed by atoms with Crippen molar-refractivity contribution in [3.63, 3.8) is 0 Å². The maximum absolute atomic E-state index is 13.2. The van der Waals surface area contributed by atoms with Crippen LogP contribution in [0.3, 0.4) is 0 Å². The molecule has 1 heterocycles. The zero-order chi connectivity index (χ0) is 31.8. The van der Waals surface area contributed by atoms with Crippen LogP contribution in [0.4, 0.5) is 4.79 Å². The lowest BCUT2D eigenvalue weighted by atomic mass is 9.87. The number of nitrogens with one attached hydrogen (secondary N) is 3. The van der Waals surface area contributed by atoms with Gasteiger partial charge in [0.05, 0.1) is 12.6 Å². The number of aldehydes is 1. The van der Waals surface area contributed by atoms with Crippen molar-refractivity contribution in [3.05, 3.63) is 12.2 Å². The second kappa shape index (κ2) is 18.4. The van der Waals surface area contributed by atoms with Crippen molar-refractivity contribution in [3.8, 4) is 0 Å². The van der Waals surface area contributed by atoms with Crippen molar-refractivity contribution < 1.29 is 39.7 Å². The number of unbranched alkanes of at least 4 members (excludes halogenated alkanes) is 2. The second-order valence-corrected chi connectivity index (χ2v) is 10.5. The quantitative estimate of drug-likeness (QED) is 0.0858. The molecule has 228 valence electrons. The SMILES string of the molecule is [2H]C(=O)CNC(=O)[C@@H](C)CC(=O)[C@H](CCCNC(N)=O)NC(=O)[C@@H](CC(=O)CCCCCN1C(=O)C=CC1=O)C(C)C. The number of carbonyl (C=O) groups is 8. The Hall–Kier alpha value is -3.90. The molecule has 41 heavy (non-hydrogen) atoms. The van der Waals surface area contributed by atoms with Crippen LogP contribution in [-0.4, -0.2) is 78.1 Å². The maximum atomic E-state index is 13.2. The van der Waals surface area contributed by atoms with E-state index in [2.05, 4.69) is 16.0 Å². The lowest BCUT2D eigenvalue weighted by Gasteiger charge is -2.25. The van der Waals surface area contributed by atoms with E-state index in [9.17, 15) is 38.4 Å². The minimum absolute atomic E-state index is 0.0272. The molecule has 13 heteroatoms. The Morgan fingerprint density at radius 2 is 1.61 bits per heavy atom. The molecule has 0 saturated heterocycles. The van der Waals surface area contributed by atoms with Gasteiger partial charge < -0.3 is 26.5 Å². The molecule has 0 aliphatic carbocycles. The topological polar surface area (TPSA) is 202 Å². The number of amides is 6. The monoisotopic (exact) mass is 578 g/mol. The molecule has 5 N–H and O–H groups in total. The van der Waals surface area contributed by atoms with E-state index in [0.29, 0.717) is 25.7 Å². The molecule has 1 aliphatic heterocycles. The fourth-order valence-electron chi connectivity index (χ4n) is 4.34. The third-order valence-corrected chi connectivity index (χ3v) is 6.79. The van der Waals surface area contributed by atoms with E-state index >= 15 is 0 Å². The molecule has 0 aromatic carbocycles. The zero-order valence-electron chi connectivity index (χ0n) is 25.0. The molecule has 3 atom stereocenters. The Labute approximate surface area is 241 Å². The summed E-state index contributed by atoms with van der Waals surface area (Å²) in [5.74, 6) is -4.04. The summed E-state index contributed by atoms with van der Waals surface area (Å²) in [6, 6.07) is -1.72. The largest absolute Gasteiger partial charge is 0.352 e. The molecule has 0 aromatic rings. The third kappa shape index (κ3) is 13.3. The van der Waals surface area contributed by atoms with Crippen LogP contribution in [0.5, 0.6) is 0 Å². The van der Waals surface area contributed by atoms with Crippen molar-refractivity contribution in [2.75, 3.05) is 19.6 Å². The van der Waals surface area contributed by atoms with Crippen molar-refractivity contribution >= 4 is 47.5 Å². The van der Waals surface area contributed by atoms with Crippen LogP contribution in [0, 0.1) is 17.8 Å². The van der Waals surface area contributed by atoms with E-state index in [0.717, 1.165) is 4.90 Å². The molecule has 1 aliphatic rings. The van der Waals surface area contributed by atoms with Crippen LogP contribution < -0.4 is 21.7 Å². The third-order valence-electron chi connectivity index (χ3n) is 6.79. The van der Waals surface area contributed by atoms with Gasteiger partial charge in [-0.05, 0) is 31.6 Å². The number of primary amides is 1. The average molecular weight is 579 g/mol. The molecule has 0 saturated carbocycles. The summed E-state index contributed by atoms with van der Waals surface area (Å²) >= 11 is 0. The van der Waals surface area contributed by atoms with Gasteiger partial charge in [-0.2, -0.15) is 0 Å². The Morgan fingerprint density at radius 1 is 0.951 bits per heavy atom. The summed E-state index contributed by atoms with van der Waals surface area (Å²) in [4.78, 5) is 97.4. The van der Waals surface area contributed by atoms with E-state index in [1.54, 1.807) is 13.8 Å². The first kappa shape index (κ1) is 33.3. The second-order valence-electron chi connectivity index (χ2n) is 10.5. The Bertz CT molecular complexity index is 1040. The number of Topliss-reactive ketones (excluding diaryl/α,β-unsaturated/α-hetero) is 2. The molecule has 0 aromatic heterocycles. The molecule has 13 nitrogen and oxygen atoms in total. The lowest BCUT2D eigenvalue weighted by molar-refractivity contribution is -0.137. The first-order chi connectivity index (χ1) is 19.7. The normalized spacial score (nSPS) is 15.2. The summed E-state index contributed by atoms with van der Waals surface area (Å²) in [5, 5.41) is 7.42. The number of imide groups is 1. The van der Waals surface area contributed by atoms with Crippen LogP contribution in [0.1, 0.15) is 73.5 Å². The van der Waals surface area contributed by atoms with Crippen LogP contribution >= 0.6 is 0 Å². The molecule has 0 fully saturated rings. The highest BCUT2D eigenvalue weighted by molar-refractivity contribution is 6.12. The Kier molecular flexibility index (Phi) is 15.0.